The van der Waals surface area contributed by atoms with Gasteiger partial charge in [0.2, 0.25) is 5.82 Å². The Kier molecular flexibility index (Phi) is 8.48. The Labute approximate surface area is 295 Å². The summed E-state index contributed by atoms with van der Waals surface area (Å²) in [6.07, 6.45) is 6.48. The third-order valence-electron chi connectivity index (χ3n) is 10.7. The quantitative estimate of drug-likeness (QED) is 0.290. The van der Waals surface area contributed by atoms with E-state index in [4.69, 9.17) is 38.8 Å². The maximum Gasteiger partial charge on any atom is 0.439 e. The van der Waals surface area contributed by atoms with Gasteiger partial charge in [0.05, 0.1) is 36.3 Å². The van der Waals surface area contributed by atoms with Gasteiger partial charge in [-0.15, -0.1) is 5.10 Å². The molecule has 4 atom stereocenters. The Balaban J connectivity index is 1.09. The molecule has 16 nitrogen and oxygen atoms in total. The van der Waals surface area contributed by atoms with Crippen LogP contribution in [0.25, 0.3) is 22.7 Å². The largest absolute Gasteiger partial charge is 0.444 e. The van der Waals surface area contributed by atoms with Gasteiger partial charge < -0.3 is 29.3 Å². The van der Waals surface area contributed by atoms with Gasteiger partial charge in [-0.3, -0.25) is 9.51 Å². The average Bonchev–Trinajstić information content (AvgIpc) is 3.80. The third kappa shape index (κ3) is 6.32. The van der Waals surface area contributed by atoms with E-state index in [1.165, 1.54) is 0 Å². The highest BCUT2D eigenvalue weighted by Gasteiger charge is 2.50. The molecule has 4 aromatic rings. The fourth-order valence-electron chi connectivity index (χ4n) is 7.99. The van der Waals surface area contributed by atoms with E-state index in [0.29, 0.717) is 41.7 Å². The number of nitrogens with zero attached hydrogens (tertiary/aromatic N) is 8. The molecule has 8 rings (SSSR count). The third-order valence-corrected chi connectivity index (χ3v) is 10.7. The molecular formula is C35H46N10O6. The van der Waals surface area contributed by atoms with Crippen LogP contribution >= 0.6 is 0 Å². The summed E-state index contributed by atoms with van der Waals surface area (Å²) < 4.78 is 24.6. The van der Waals surface area contributed by atoms with Gasteiger partial charge in [-0.25, -0.2) is 29.2 Å². The number of rotatable bonds is 5. The van der Waals surface area contributed by atoms with E-state index >= 15 is 0 Å². The number of anilines is 3. The molecule has 0 aliphatic carbocycles. The molecule has 0 bridgehead atoms. The van der Waals surface area contributed by atoms with Crippen LogP contribution in [0.2, 0.25) is 0 Å². The second-order valence-corrected chi connectivity index (χ2v) is 15.4. The lowest BCUT2D eigenvalue weighted by Crippen LogP contribution is -2.55. The Bertz CT molecular complexity index is 1970. The molecule has 4 aliphatic rings. The smallest absolute Gasteiger partial charge is 0.439 e. The topological polar surface area (TPSA) is 179 Å². The highest BCUT2D eigenvalue weighted by Crippen LogP contribution is 2.44. The molecule has 0 saturated carbocycles. The monoisotopic (exact) mass is 702 g/mol. The van der Waals surface area contributed by atoms with Crippen molar-refractivity contribution in [2.24, 2.45) is 5.41 Å². The van der Waals surface area contributed by atoms with Crippen molar-refractivity contribution in [2.45, 2.75) is 103 Å². The van der Waals surface area contributed by atoms with Crippen LogP contribution in [0.1, 0.15) is 91.0 Å². The van der Waals surface area contributed by atoms with E-state index < -0.39 is 17.5 Å². The molecule has 4 aliphatic heterocycles. The van der Waals surface area contributed by atoms with Crippen molar-refractivity contribution in [1.29, 1.82) is 0 Å². The van der Waals surface area contributed by atoms with Crippen LogP contribution in [0.5, 0.6) is 0 Å². The molecular weight excluding hydrogens is 656 g/mol. The summed E-state index contributed by atoms with van der Waals surface area (Å²) in [5, 5.41) is 12.1. The Hall–Kier alpha value is -4.57. The van der Waals surface area contributed by atoms with Crippen molar-refractivity contribution in [2.75, 3.05) is 42.6 Å². The fourth-order valence-corrected chi connectivity index (χ4v) is 7.99. The number of piperidine rings is 1. The number of aromatic amines is 1. The summed E-state index contributed by atoms with van der Waals surface area (Å²) in [4.78, 5) is 46.6. The maximum atomic E-state index is 12.8. The lowest BCUT2D eigenvalue weighted by molar-refractivity contribution is -0.0368. The lowest BCUT2D eigenvalue weighted by atomic mass is 9.73. The minimum Gasteiger partial charge on any atom is -0.444 e. The van der Waals surface area contributed by atoms with Crippen molar-refractivity contribution >= 4 is 34.6 Å². The van der Waals surface area contributed by atoms with E-state index in [1.54, 1.807) is 0 Å². The van der Waals surface area contributed by atoms with Crippen LogP contribution in [0.4, 0.5) is 22.1 Å². The molecule has 1 spiro atoms. The highest BCUT2D eigenvalue weighted by molar-refractivity contribution is 5.88. The second-order valence-electron chi connectivity index (χ2n) is 15.4. The van der Waals surface area contributed by atoms with Crippen molar-refractivity contribution in [3.63, 3.8) is 0 Å². The Morgan fingerprint density at radius 3 is 2.63 bits per heavy atom. The van der Waals surface area contributed by atoms with Crippen LogP contribution in [-0.4, -0.2) is 91.6 Å². The molecule has 1 amide bonds. The van der Waals surface area contributed by atoms with Crippen LogP contribution in [0.15, 0.2) is 27.6 Å². The first-order valence-electron chi connectivity index (χ1n) is 18.1. The van der Waals surface area contributed by atoms with Crippen molar-refractivity contribution in [1.82, 2.24) is 40.2 Å². The van der Waals surface area contributed by atoms with Gasteiger partial charge in [0.1, 0.15) is 17.1 Å². The maximum absolute atomic E-state index is 12.8. The molecule has 3 saturated heterocycles. The van der Waals surface area contributed by atoms with Crippen LogP contribution in [0, 0.1) is 5.41 Å². The number of ether oxygens (including phenoxy) is 3. The van der Waals surface area contributed by atoms with Crippen LogP contribution in [0.3, 0.4) is 0 Å². The number of carbonyl (C=O) groups is 1. The van der Waals surface area contributed by atoms with Crippen molar-refractivity contribution in [3.05, 3.63) is 34.6 Å². The van der Waals surface area contributed by atoms with Crippen molar-refractivity contribution in [3.8, 4) is 11.5 Å². The lowest BCUT2D eigenvalue weighted by Gasteiger charge is -2.42. The number of carbonyl (C=O) groups excluding carboxylic acids is 1. The molecule has 3 fully saturated rings. The number of pyridine rings is 1. The molecule has 8 heterocycles. The molecule has 0 radical (unpaired) electrons. The van der Waals surface area contributed by atoms with E-state index in [1.807, 2.05) is 50.7 Å². The van der Waals surface area contributed by atoms with Gasteiger partial charge in [-0.2, -0.15) is 0 Å². The number of fused-ring (bicyclic) bond motifs is 2. The van der Waals surface area contributed by atoms with E-state index in [2.05, 4.69) is 32.2 Å². The SMILES string of the molecule is C[C@@H]1OCC2(CCN(c3cnc4c(N5CC[C@H](C)c6nc(-c7noc(=O)[nH]7)ccc65)nn(C5CCCCO5)c4n3)CC2)[C@@H]1NC(=O)OC(C)(C)C. The molecule has 2 N–H and O–H groups in total. The summed E-state index contributed by atoms with van der Waals surface area (Å²) in [5.74, 6) is 1.34. The number of nitrogens with one attached hydrogen (secondary N) is 2. The van der Waals surface area contributed by atoms with E-state index in [9.17, 15) is 9.59 Å². The molecule has 1 unspecified atom stereocenters. The summed E-state index contributed by atoms with van der Waals surface area (Å²) in [6.45, 7) is 13.2. The van der Waals surface area contributed by atoms with E-state index in [0.717, 1.165) is 75.4 Å². The average molecular weight is 703 g/mol. The van der Waals surface area contributed by atoms with Gasteiger partial charge in [0, 0.05) is 37.6 Å². The molecule has 16 heteroatoms. The minimum absolute atomic E-state index is 0.112. The van der Waals surface area contributed by atoms with Gasteiger partial charge in [0.25, 0.3) is 0 Å². The summed E-state index contributed by atoms with van der Waals surface area (Å²) in [7, 11) is 0. The van der Waals surface area contributed by atoms with Crippen LogP contribution < -0.4 is 20.9 Å². The first-order valence-corrected chi connectivity index (χ1v) is 18.1. The molecule has 4 aromatic heterocycles. The van der Waals surface area contributed by atoms with Gasteiger partial charge in [-0.05, 0) is 78.4 Å². The highest BCUT2D eigenvalue weighted by atomic mass is 16.6. The predicted molar refractivity (Wildman–Crippen MR) is 187 cm³/mol. The predicted octanol–water partition coefficient (Wildman–Crippen LogP) is 4.81. The summed E-state index contributed by atoms with van der Waals surface area (Å²) in [6, 6.07) is 3.68. The zero-order chi connectivity index (χ0) is 35.5. The number of amides is 1. The number of alkyl carbamates (subject to hydrolysis) is 1. The van der Waals surface area contributed by atoms with Gasteiger partial charge in [0.15, 0.2) is 23.2 Å². The first kappa shape index (κ1) is 33.6. The zero-order valence-electron chi connectivity index (χ0n) is 29.8. The number of hydrogen-bond donors (Lipinski definition) is 2. The Morgan fingerprint density at radius 1 is 1.08 bits per heavy atom. The van der Waals surface area contributed by atoms with Crippen LogP contribution in [-0.2, 0) is 14.2 Å². The standard InChI is InChI=1S/C35H46N10O6/c1-20-11-14-44(23-10-9-22(37-26(20)23)29-40-33(47)51-42-29)31-27-30(45(41-31)25-8-6-7-17-48-25)38-24(18-36-27)43-15-12-35(13-16-43)19-49-21(2)28(35)39-32(46)50-34(3,4)5/h9-10,18,20-21,25,28H,6-8,11-17,19H2,1-5H3,(H,39,46)(H,40,42,47)/t20-,21-,25?,28+/m0/s1. The van der Waals surface area contributed by atoms with Gasteiger partial charge >= 0.3 is 11.8 Å². The zero-order valence-corrected chi connectivity index (χ0v) is 29.8. The van der Waals surface area contributed by atoms with Gasteiger partial charge in [-0.1, -0.05) is 12.1 Å². The summed E-state index contributed by atoms with van der Waals surface area (Å²) in [5.41, 5.74) is 2.97. The van der Waals surface area contributed by atoms with E-state index in [-0.39, 0.29) is 29.7 Å². The number of hydrogen-bond acceptors (Lipinski definition) is 13. The number of H-pyrrole nitrogens is 1. The molecule has 0 aromatic carbocycles. The fraction of sp³-hybridized carbons (Fsp3) is 0.629. The first-order chi connectivity index (χ1) is 24.5. The second kappa shape index (κ2) is 12.9. The number of aromatic nitrogens is 7. The van der Waals surface area contributed by atoms with Crippen molar-refractivity contribution < 1.29 is 23.5 Å². The Morgan fingerprint density at radius 2 is 1.90 bits per heavy atom. The summed E-state index contributed by atoms with van der Waals surface area (Å²) >= 11 is 0. The minimum atomic E-state index is -0.621. The normalized spacial score (nSPS) is 25.0. The molecule has 272 valence electrons. The molecule has 51 heavy (non-hydrogen) atoms.